The van der Waals surface area contributed by atoms with E-state index in [1.54, 1.807) is 7.11 Å². The van der Waals surface area contributed by atoms with E-state index in [1.807, 2.05) is 29.2 Å². The second-order valence-corrected chi connectivity index (χ2v) is 7.55. The lowest BCUT2D eigenvalue weighted by atomic mass is 10.0. The lowest BCUT2D eigenvalue weighted by Crippen LogP contribution is -2.52. The standard InChI is InChI=1S/C23H31N3O2/c1-18(2)20-6-8-21(9-7-20)25-14-16-26(17-15-25)23(27)24-13-12-19-4-10-22(28-3)11-5-19/h4-11,18H,12-17H2,1-3H3,(H,24,27). The van der Waals surface area contributed by atoms with E-state index in [9.17, 15) is 4.79 Å². The summed E-state index contributed by atoms with van der Waals surface area (Å²) < 4.78 is 5.17. The van der Waals surface area contributed by atoms with Gasteiger partial charge in [0.05, 0.1) is 7.11 Å². The molecule has 0 aromatic heterocycles. The first-order valence-electron chi connectivity index (χ1n) is 10.1. The topological polar surface area (TPSA) is 44.8 Å². The van der Waals surface area contributed by atoms with Crippen LogP contribution in [0.15, 0.2) is 48.5 Å². The number of hydrogen-bond donors (Lipinski definition) is 1. The summed E-state index contributed by atoms with van der Waals surface area (Å²) in [6.07, 6.45) is 0.817. The van der Waals surface area contributed by atoms with Crippen LogP contribution in [0, 0.1) is 0 Å². The predicted octanol–water partition coefficient (Wildman–Crippen LogP) is 3.89. The molecule has 1 aliphatic rings. The lowest BCUT2D eigenvalue weighted by Gasteiger charge is -2.36. The Morgan fingerprint density at radius 2 is 1.64 bits per heavy atom. The van der Waals surface area contributed by atoms with Crippen molar-refractivity contribution in [2.45, 2.75) is 26.2 Å². The fourth-order valence-electron chi connectivity index (χ4n) is 3.46. The molecule has 2 amide bonds. The number of rotatable bonds is 6. The summed E-state index contributed by atoms with van der Waals surface area (Å²) in [5.74, 6) is 1.40. The van der Waals surface area contributed by atoms with Gasteiger partial charge in [-0.3, -0.25) is 0 Å². The molecule has 0 saturated carbocycles. The van der Waals surface area contributed by atoms with E-state index in [2.05, 4.69) is 48.3 Å². The van der Waals surface area contributed by atoms with Gasteiger partial charge in [0.2, 0.25) is 0 Å². The molecule has 0 radical (unpaired) electrons. The molecule has 28 heavy (non-hydrogen) atoms. The van der Waals surface area contributed by atoms with Crippen LogP contribution in [-0.2, 0) is 6.42 Å². The van der Waals surface area contributed by atoms with Crippen LogP contribution in [0.2, 0.25) is 0 Å². The van der Waals surface area contributed by atoms with Crippen molar-refractivity contribution < 1.29 is 9.53 Å². The maximum Gasteiger partial charge on any atom is 0.317 e. The van der Waals surface area contributed by atoms with Crippen LogP contribution >= 0.6 is 0 Å². The van der Waals surface area contributed by atoms with Crippen LogP contribution in [0.1, 0.15) is 30.9 Å². The molecule has 2 aromatic carbocycles. The Balaban J connectivity index is 1.41. The number of carbonyl (C=O) groups excluding carboxylic acids is 1. The van der Waals surface area contributed by atoms with Crippen molar-refractivity contribution in [3.8, 4) is 5.75 Å². The summed E-state index contributed by atoms with van der Waals surface area (Å²) in [5.41, 5.74) is 3.79. The quantitative estimate of drug-likeness (QED) is 0.826. The molecule has 1 aliphatic heterocycles. The van der Waals surface area contributed by atoms with Gasteiger partial charge in [0.15, 0.2) is 0 Å². The summed E-state index contributed by atoms with van der Waals surface area (Å²) in [4.78, 5) is 16.7. The average Bonchev–Trinajstić information content (AvgIpc) is 2.74. The second-order valence-electron chi connectivity index (χ2n) is 7.55. The van der Waals surface area contributed by atoms with Crippen LogP contribution in [0.5, 0.6) is 5.75 Å². The predicted molar refractivity (Wildman–Crippen MR) is 114 cm³/mol. The van der Waals surface area contributed by atoms with E-state index in [1.165, 1.54) is 16.8 Å². The maximum atomic E-state index is 12.4. The Bertz CT molecular complexity index is 748. The van der Waals surface area contributed by atoms with Crippen molar-refractivity contribution in [2.24, 2.45) is 0 Å². The number of piperazine rings is 1. The van der Waals surface area contributed by atoms with Crippen LogP contribution in [-0.4, -0.2) is 50.8 Å². The lowest BCUT2D eigenvalue weighted by molar-refractivity contribution is 0.194. The zero-order valence-electron chi connectivity index (χ0n) is 17.1. The van der Waals surface area contributed by atoms with Gasteiger partial charge in [-0.15, -0.1) is 0 Å². The zero-order valence-corrected chi connectivity index (χ0v) is 17.1. The van der Waals surface area contributed by atoms with Crippen molar-refractivity contribution in [2.75, 3.05) is 44.7 Å². The van der Waals surface area contributed by atoms with Gasteiger partial charge in [-0.05, 0) is 47.7 Å². The third-order valence-electron chi connectivity index (χ3n) is 5.34. The molecule has 1 saturated heterocycles. The normalized spacial score (nSPS) is 14.3. The number of amides is 2. The van der Waals surface area contributed by atoms with Crippen molar-refractivity contribution in [3.05, 3.63) is 59.7 Å². The third kappa shape index (κ3) is 5.18. The number of ether oxygens (including phenoxy) is 1. The van der Waals surface area contributed by atoms with Crippen LogP contribution in [0.3, 0.4) is 0 Å². The number of methoxy groups -OCH3 is 1. The van der Waals surface area contributed by atoms with Gasteiger partial charge in [-0.1, -0.05) is 38.1 Å². The van der Waals surface area contributed by atoms with Gasteiger partial charge in [0.25, 0.3) is 0 Å². The van der Waals surface area contributed by atoms with Gasteiger partial charge < -0.3 is 19.9 Å². The molecule has 5 heteroatoms. The SMILES string of the molecule is COc1ccc(CCNC(=O)N2CCN(c3ccc(C(C)C)cc3)CC2)cc1. The molecule has 0 unspecified atom stereocenters. The fraction of sp³-hybridized carbons (Fsp3) is 0.435. The summed E-state index contributed by atoms with van der Waals surface area (Å²) in [6, 6.07) is 16.8. The van der Waals surface area contributed by atoms with Crippen molar-refractivity contribution in [3.63, 3.8) is 0 Å². The molecule has 0 spiro atoms. The van der Waals surface area contributed by atoms with Crippen LogP contribution in [0.25, 0.3) is 0 Å². The third-order valence-corrected chi connectivity index (χ3v) is 5.34. The fourth-order valence-corrected chi connectivity index (χ4v) is 3.46. The van der Waals surface area contributed by atoms with E-state index in [0.717, 1.165) is 38.3 Å². The van der Waals surface area contributed by atoms with Gasteiger partial charge in [-0.2, -0.15) is 0 Å². The largest absolute Gasteiger partial charge is 0.497 e. The van der Waals surface area contributed by atoms with Crippen LogP contribution in [0.4, 0.5) is 10.5 Å². The first kappa shape index (κ1) is 20.1. The highest BCUT2D eigenvalue weighted by atomic mass is 16.5. The van der Waals surface area contributed by atoms with Crippen molar-refractivity contribution in [1.82, 2.24) is 10.2 Å². The zero-order chi connectivity index (χ0) is 19.9. The molecule has 1 heterocycles. The Morgan fingerprint density at radius 3 is 2.21 bits per heavy atom. The molecule has 0 bridgehead atoms. The molecule has 5 nitrogen and oxygen atoms in total. The summed E-state index contributed by atoms with van der Waals surface area (Å²) in [6.45, 7) is 8.30. The van der Waals surface area contributed by atoms with E-state index in [4.69, 9.17) is 4.74 Å². The monoisotopic (exact) mass is 381 g/mol. The molecule has 1 fully saturated rings. The smallest absolute Gasteiger partial charge is 0.317 e. The van der Waals surface area contributed by atoms with Crippen molar-refractivity contribution >= 4 is 11.7 Å². The average molecular weight is 382 g/mol. The first-order valence-corrected chi connectivity index (χ1v) is 10.1. The Labute approximate surface area is 168 Å². The minimum absolute atomic E-state index is 0.0308. The van der Waals surface area contributed by atoms with Gasteiger partial charge in [-0.25, -0.2) is 4.79 Å². The van der Waals surface area contributed by atoms with E-state index < -0.39 is 0 Å². The number of hydrogen-bond acceptors (Lipinski definition) is 3. The van der Waals surface area contributed by atoms with E-state index in [0.29, 0.717) is 12.5 Å². The van der Waals surface area contributed by atoms with Crippen molar-refractivity contribution in [1.29, 1.82) is 0 Å². The van der Waals surface area contributed by atoms with Gasteiger partial charge in [0, 0.05) is 38.4 Å². The Kier molecular flexibility index (Phi) is 6.80. The molecular weight excluding hydrogens is 350 g/mol. The molecule has 0 aliphatic carbocycles. The van der Waals surface area contributed by atoms with Gasteiger partial charge in [0.1, 0.15) is 5.75 Å². The maximum absolute atomic E-state index is 12.4. The second kappa shape index (κ2) is 9.49. The molecule has 0 atom stereocenters. The number of nitrogens with one attached hydrogen (secondary N) is 1. The highest BCUT2D eigenvalue weighted by Crippen LogP contribution is 2.21. The number of carbonyl (C=O) groups is 1. The molecule has 2 aromatic rings. The summed E-state index contributed by atoms with van der Waals surface area (Å²) in [5, 5.41) is 3.04. The van der Waals surface area contributed by atoms with E-state index in [-0.39, 0.29) is 6.03 Å². The summed E-state index contributed by atoms with van der Waals surface area (Å²) >= 11 is 0. The first-order chi connectivity index (χ1) is 13.6. The molecule has 1 N–H and O–H groups in total. The number of benzene rings is 2. The minimum atomic E-state index is 0.0308. The molecular formula is C23H31N3O2. The van der Waals surface area contributed by atoms with Gasteiger partial charge >= 0.3 is 6.03 Å². The highest BCUT2D eigenvalue weighted by molar-refractivity contribution is 5.74. The summed E-state index contributed by atoms with van der Waals surface area (Å²) in [7, 11) is 1.66. The number of nitrogens with zero attached hydrogens (tertiary/aromatic N) is 2. The molecule has 150 valence electrons. The Morgan fingerprint density at radius 1 is 1.00 bits per heavy atom. The molecule has 3 rings (SSSR count). The minimum Gasteiger partial charge on any atom is -0.497 e. The number of urea groups is 1. The van der Waals surface area contributed by atoms with E-state index >= 15 is 0 Å². The Hall–Kier alpha value is -2.69. The van der Waals surface area contributed by atoms with Crippen LogP contribution < -0.4 is 15.0 Å². The number of anilines is 1. The highest BCUT2D eigenvalue weighted by Gasteiger charge is 2.21.